The summed E-state index contributed by atoms with van der Waals surface area (Å²) in [5.74, 6) is 2.35. The lowest BCUT2D eigenvalue weighted by Gasteiger charge is -2.57. The molecule has 4 saturated carbocycles. The third-order valence-electron chi connectivity index (χ3n) is 9.54. The number of likely N-dealkylation sites (tertiary alicyclic amines) is 1. The Morgan fingerprint density at radius 3 is 2.53 bits per heavy atom. The lowest BCUT2D eigenvalue weighted by Crippen LogP contribution is -2.46. The van der Waals surface area contributed by atoms with Crippen LogP contribution in [0.2, 0.25) is 0 Å². The molecule has 1 unspecified atom stereocenters. The van der Waals surface area contributed by atoms with Crippen molar-refractivity contribution in [2.75, 3.05) is 18.9 Å². The van der Waals surface area contributed by atoms with Crippen molar-refractivity contribution in [3.05, 3.63) is 47.0 Å². The number of aryl methyl sites for hydroxylation is 1. The molecule has 1 amide bonds. The van der Waals surface area contributed by atoms with Crippen LogP contribution in [0.25, 0.3) is 0 Å². The lowest BCUT2D eigenvalue weighted by atomic mass is 9.48. The standard InChI is InChI=1S/C29H38N4O3/c1-33-10-3-2-7-24(33)26-31-23(8-9-29-15-18-11-19(16-29)13-20(12-18)17-29)25(32-26)27(34)30-22-6-4-5-21(14-22)28(35)36/h4-6,14,18-20,24H,2-3,7-13,15-17H2,1H3,(H,30,34)(H,31,32)(H,35,36). The number of imidazole rings is 1. The minimum Gasteiger partial charge on any atom is -0.478 e. The van der Waals surface area contributed by atoms with Gasteiger partial charge in [0.2, 0.25) is 0 Å². The predicted octanol–water partition coefficient (Wildman–Crippen LogP) is 5.67. The number of aromatic carboxylic acids is 1. The maximum atomic E-state index is 13.5. The number of nitrogens with zero attached hydrogens (tertiary/aromatic N) is 2. The summed E-state index contributed by atoms with van der Waals surface area (Å²) in [6, 6.07) is 6.61. The van der Waals surface area contributed by atoms with Gasteiger partial charge in [-0.1, -0.05) is 12.5 Å². The van der Waals surface area contributed by atoms with E-state index >= 15 is 0 Å². The van der Waals surface area contributed by atoms with E-state index in [4.69, 9.17) is 4.98 Å². The highest BCUT2D eigenvalue weighted by atomic mass is 16.4. The Hall–Kier alpha value is -2.67. The predicted molar refractivity (Wildman–Crippen MR) is 138 cm³/mol. The van der Waals surface area contributed by atoms with Crippen LogP contribution in [0.3, 0.4) is 0 Å². The molecule has 1 atom stereocenters. The molecule has 1 saturated heterocycles. The summed E-state index contributed by atoms with van der Waals surface area (Å²) < 4.78 is 0. The Labute approximate surface area is 213 Å². The lowest BCUT2D eigenvalue weighted by molar-refractivity contribution is -0.0570. The number of carbonyl (C=O) groups excluding carboxylic acids is 1. The number of rotatable bonds is 7. The summed E-state index contributed by atoms with van der Waals surface area (Å²) in [5, 5.41) is 12.2. The number of aromatic nitrogens is 2. The molecule has 7 rings (SSSR count). The van der Waals surface area contributed by atoms with Crippen LogP contribution in [-0.2, 0) is 6.42 Å². The van der Waals surface area contributed by atoms with Gasteiger partial charge in [0, 0.05) is 11.4 Å². The van der Waals surface area contributed by atoms with Gasteiger partial charge in [-0.15, -0.1) is 0 Å². The molecule has 4 bridgehead atoms. The number of piperidine rings is 1. The van der Waals surface area contributed by atoms with Crippen LogP contribution < -0.4 is 5.32 Å². The molecular formula is C29H38N4O3. The number of anilines is 1. The molecule has 5 aliphatic rings. The maximum absolute atomic E-state index is 13.5. The summed E-state index contributed by atoms with van der Waals surface area (Å²) in [4.78, 5) is 35.7. The van der Waals surface area contributed by atoms with Crippen molar-refractivity contribution >= 4 is 17.6 Å². The second kappa shape index (κ2) is 9.33. The zero-order valence-corrected chi connectivity index (χ0v) is 21.3. The highest BCUT2D eigenvalue weighted by molar-refractivity contribution is 6.04. The van der Waals surface area contributed by atoms with Crippen molar-refractivity contribution in [1.82, 2.24) is 14.9 Å². The quantitative estimate of drug-likeness (QED) is 0.465. The first kappa shape index (κ1) is 23.7. The highest BCUT2D eigenvalue weighted by Gasteiger charge is 2.50. The van der Waals surface area contributed by atoms with Gasteiger partial charge in [-0.05, 0) is 119 Å². The highest BCUT2D eigenvalue weighted by Crippen LogP contribution is 2.61. The summed E-state index contributed by atoms with van der Waals surface area (Å²) in [6.45, 7) is 1.04. The normalized spacial score (nSPS) is 31.5. The van der Waals surface area contributed by atoms with Gasteiger partial charge in [0.25, 0.3) is 5.91 Å². The van der Waals surface area contributed by atoms with Crippen LogP contribution in [-0.4, -0.2) is 45.4 Å². The molecule has 5 fully saturated rings. The average molecular weight is 491 g/mol. The van der Waals surface area contributed by atoms with Crippen molar-refractivity contribution in [1.29, 1.82) is 0 Å². The SMILES string of the molecule is CN1CCCCC1c1nc(C(=O)Nc2cccc(C(=O)O)c2)c(CCC23CC4CC(CC(C4)C2)C3)[nH]1. The molecule has 2 aromatic rings. The number of benzene rings is 1. The summed E-state index contributed by atoms with van der Waals surface area (Å²) in [6.07, 6.45) is 13.7. The van der Waals surface area contributed by atoms with E-state index in [1.165, 1.54) is 63.5 Å². The number of aromatic amines is 1. The van der Waals surface area contributed by atoms with Crippen molar-refractivity contribution in [3.63, 3.8) is 0 Å². The minimum atomic E-state index is -1.01. The molecule has 4 aliphatic carbocycles. The smallest absolute Gasteiger partial charge is 0.335 e. The van der Waals surface area contributed by atoms with E-state index in [1.54, 1.807) is 12.1 Å². The second-order valence-electron chi connectivity index (χ2n) is 12.2. The Bertz CT molecular complexity index is 1120. The van der Waals surface area contributed by atoms with Crippen LogP contribution in [0.1, 0.15) is 103 Å². The number of carboxylic acids is 1. The summed E-state index contributed by atoms with van der Waals surface area (Å²) in [7, 11) is 2.14. The number of H-pyrrole nitrogens is 1. The molecule has 36 heavy (non-hydrogen) atoms. The zero-order chi connectivity index (χ0) is 24.9. The number of hydrogen-bond acceptors (Lipinski definition) is 4. The Morgan fingerprint density at radius 1 is 1.14 bits per heavy atom. The molecule has 1 aliphatic heterocycles. The number of nitrogens with one attached hydrogen (secondary N) is 2. The fourth-order valence-electron chi connectivity index (χ4n) is 8.28. The van der Waals surface area contributed by atoms with Gasteiger partial charge in [0.05, 0.1) is 11.6 Å². The third kappa shape index (κ3) is 4.58. The minimum absolute atomic E-state index is 0.154. The summed E-state index contributed by atoms with van der Waals surface area (Å²) in [5.41, 5.74) is 2.47. The molecular weight excluding hydrogens is 452 g/mol. The van der Waals surface area contributed by atoms with Gasteiger partial charge in [0.15, 0.2) is 0 Å². The van der Waals surface area contributed by atoms with Crippen LogP contribution in [0.5, 0.6) is 0 Å². The van der Waals surface area contributed by atoms with E-state index in [9.17, 15) is 14.7 Å². The van der Waals surface area contributed by atoms with Gasteiger partial charge in [-0.3, -0.25) is 9.69 Å². The van der Waals surface area contributed by atoms with E-state index in [0.717, 1.165) is 55.1 Å². The zero-order valence-electron chi connectivity index (χ0n) is 21.3. The average Bonchev–Trinajstić information content (AvgIpc) is 3.27. The molecule has 7 heteroatoms. The van der Waals surface area contributed by atoms with E-state index in [1.807, 2.05) is 0 Å². The Morgan fingerprint density at radius 2 is 1.86 bits per heavy atom. The van der Waals surface area contributed by atoms with Gasteiger partial charge in [-0.2, -0.15) is 0 Å². The topological polar surface area (TPSA) is 98.3 Å². The number of carbonyl (C=O) groups is 2. The van der Waals surface area contributed by atoms with Gasteiger partial charge >= 0.3 is 5.97 Å². The third-order valence-corrected chi connectivity index (χ3v) is 9.54. The monoisotopic (exact) mass is 490 g/mol. The first-order valence-corrected chi connectivity index (χ1v) is 13.8. The fourth-order valence-corrected chi connectivity index (χ4v) is 8.28. The summed E-state index contributed by atoms with van der Waals surface area (Å²) >= 11 is 0. The molecule has 2 heterocycles. The van der Waals surface area contributed by atoms with Crippen molar-refractivity contribution < 1.29 is 14.7 Å². The molecule has 1 aromatic heterocycles. The van der Waals surface area contributed by atoms with Crippen LogP contribution in [0, 0.1) is 23.2 Å². The second-order valence-corrected chi connectivity index (χ2v) is 12.2. The number of hydrogen-bond donors (Lipinski definition) is 3. The van der Waals surface area contributed by atoms with Crippen LogP contribution in [0.4, 0.5) is 5.69 Å². The van der Waals surface area contributed by atoms with Crippen molar-refractivity contribution in [2.45, 2.75) is 76.7 Å². The number of carboxylic acid groups (broad SMARTS) is 1. The van der Waals surface area contributed by atoms with Gasteiger partial charge in [-0.25, -0.2) is 9.78 Å². The number of amides is 1. The molecule has 0 radical (unpaired) electrons. The molecule has 1 aromatic carbocycles. The Balaban J connectivity index is 1.25. The molecule has 7 nitrogen and oxygen atoms in total. The van der Waals surface area contributed by atoms with Crippen LogP contribution >= 0.6 is 0 Å². The van der Waals surface area contributed by atoms with E-state index in [0.29, 0.717) is 16.8 Å². The molecule has 3 N–H and O–H groups in total. The van der Waals surface area contributed by atoms with Gasteiger partial charge < -0.3 is 15.4 Å². The van der Waals surface area contributed by atoms with E-state index in [2.05, 4.69) is 22.2 Å². The van der Waals surface area contributed by atoms with Crippen LogP contribution in [0.15, 0.2) is 24.3 Å². The van der Waals surface area contributed by atoms with Crippen molar-refractivity contribution in [2.24, 2.45) is 23.2 Å². The Kier molecular flexibility index (Phi) is 6.14. The fraction of sp³-hybridized carbons (Fsp3) is 0.621. The van der Waals surface area contributed by atoms with Crippen molar-refractivity contribution in [3.8, 4) is 0 Å². The van der Waals surface area contributed by atoms with E-state index in [-0.39, 0.29) is 17.5 Å². The first-order chi connectivity index (χ1) is 17.4. The molecule has 192 valence electrons. The first-order valence-electron chi connectivity index (χ1n) is 13.8. The maximum Gasteiger partial charge on any atom is 0.335 e. The largest absolute Gasteiger partial charge is 0.478 e. The van der Waals surface area contributed by atoms with Gasteiger partial charge in [0.1, 0.15) is 11.5 Å². The molecule has 0 spiro atoms. The van der Waals surface area contributed by atoms with E-state index < -0.39 is 5.97 Å².